The first-order chi connectivity index (χ1) is 9.15. The van der Waals surface area contributed by atoms with E-state index in [-0.39, 0.29) is 17.3 Å². The van der Waals surface area contributed by atoms with Crippen molar-refractivity contribution >= 4 is 0 Å². The molecule has 1 aromatic heterocycles. The molecule has 0 radical (unpaired) electrons. The predicted molar refractivity (Wildman–Crippen MR) is 69.0 cm³/mol. The van der Waals surface area contributed by atoms with Crippen LogP contribution in [-0.4, -0.2) is 0 Å². The van der Waals surface area contributed by atoms with Gasteiger partial charge in [0.15, 0.2) is 5.76 Å². The summed E-state index contributed by atoms with van der Waals surface area (Å²) >= 11 is 0. The molecule has 0 spiro atoms. The maximum absolute atomic E-state index is 12.0. The highest BCUT2D eigenvalue weighted by atomic mass is 16.7. The fraction of sp³-hybridized carbons (Fsp3) is 0.267. The number of aryl methyl sites for hydroxylation is 1. The van der Waals surface area contributed by atoms with E-state index in [0.717, 1.165) is 5.56 Å². The molecule has 1 aromatic carbocycles. The van der Waals surface area contributed by atoms with Crippen molar-refractivity contribution in [2.45, 2.75) is 26.2 Å². The molecule has 0 amide bonds. The van der Waals surface area contributed by atoms with Gasteiger partial charge in [-0.15, -0.1) is 0 Å². The smallest absolute Gasteiger partial charge is 0.227 e. The maximum atomic E-state index is 12.0. The summed E-state index contributed by atoms with van der Waals surface area (Å²) < 4.78 is 16.9. The summed E-state index contributed by atoms with van der Waals surface area (Å²) in [4.78, 5) is 12.0. The second kappa shape index (κ2) is 4.55. The van der Waals surface area contributed by atoms with E-state index in [1.807, 2.05) is 37.3 Å². The van der Waals surface area contributed by atoms with Crippen LogP contribution in [0.1, 0.15) is 36.4 Å². The molecule has 2 atom stereocenters. The van der Waals surface area contributed by atoms with Crippen LogP contribution in [0.25, 0.3) is 0 Å². The highest BCUT2D eigenvalue weighted by Crippen LogP contribution is 2.37. The van der Waals surface area contributed by atoms with Crippen LogP contribution in [-0.2, 0) is 4.74 Å². The average Bonchev–Trinajstić information content (AvgIpc) is 2.41. The zero-order chi connectivity index (χ0) is 13.4. The van der Waals surface area contributed by atoms with Gasteiger partial charge < -0.3 is 13.9 Å². The number of fused-ring (bicyclic) bond motifs is 1. The van der Waals surface area contributed by atoms with Gasteiger partial charge in [0.25, 0.3) is 0 Å². The predicted octanol–water partition coefficient (Wildman–Crippen LogP) is 3.12. The fourth-order valence-electron chi connectivity index (χ4n) is 2.14. The number of ether oxygens (including phenoxy) is 2. The summed E-state index contributed by atoms with van der Waals surface area (Å²) in [6.45, 7) is 3.58. The molecule has 4 nitrogen and oxygen atoms in total. The Morgan fingerprint density at radius 3 is 2.63 bits per heavy atom. The summed E-state index contributed by atoms with van der Waals surface area (Å²) in [5, 5.41) is 0. The van der Waals surface area contributed by atoms with Crippen LogP contribution in [0.5, 0.6) is 5.75 Å². The molecule has 3 rings (SSSR count). The van der Waals surface area contributed by atoms with Crippen LogP contribution < -0.4 is 10.2 Å². The number of hydrogen-bond acceptors (Lipinski definition) is 4. The molecule has 0 bridgehead atoms. The molecule has 4 heteroatoms. The topological polar surface area (TPSA) is 48.7 Å². The van der Waals surface area contributed by atoms with Gasteiger partial charge in [-0.2, -0.15) is 0 Å². The normalized spacial score (nSPS) is 21.6. The summed E-state index contributed by atoms with van der Waals surface area (Å²) in [5.74, 6) is 1.26. The molecule has 0 saturated carbocycles. The highest BCUT2D eigenvalue weighted by molar-refractivity contribution is 5.31. The Balaban J connectivity index is 2.03. The van der Waals surface area contributed by atoms with E-state index in [4.69, 9.17) is 13.9 Å². The standard InChI is InChI=1S/C15H14O4/c1-9-8-12(16)14-13(17-9)10(2)18-15(19-14)11-6-4-3-5-7-11/h3-8,10,15H,1-2H3/t10-,15+/m1/s1. The van der Waals surface area contributed by atoms with Crippen LogP contribution >= 0.6 is 0 Å². The van der Waals surface area contributed by atoms with Gasteiger partial charge in [-0.3, -0.25) is 4.79 Å². The molecular weight excluding hydrogens is 244 g/mol. The summed E-state index contributed by atoms with van der Waals surface area (Å²) in [6, 6.07) is 11.0. The zero-order valence-corrected chi connectivity index (χ0v) is 10.8. The van der Waals surface area contributed by atoms with Crippen molar-refractivity contribution in [2.75, 3.05) is 0 Å². The van der Waals surface area contributed by atoms with E-state index >= 15 is 0 Å². The quantitative estimate of drug-likeness (QED) is 0.788. The average molecular weight is 258 g/mol. The summed E-state index contributed by atoms with van der Waals surface area (Å²) in [5.41, 5.74) is 0.704. The lowest BCUT2D eigenvalue weighted by Gasteiger charge is -2.29. The van der Waals surface area contributed by atoms with Crippen LogP contribution in [0, 0.1) is 6.92 Å². The lowest BCUT2D eigenvalue weighted by atomic mass is 10.1. The molecule has 98 valence electrons. The Bertz CT molecular complexity index is 645. The Hall–Kier alpha value is -2.07. The molecule has 0 fully saturated rings. The minimum Gasteiger partial charge on any atom is -0.459 e. The molecule has 0 unspecified atom stereocenters. The van der Waals surface area contributed by atoms with Gasteiger partial charge in [0, 0.05) is 11.6 Å². The molecule has 19 heavy (non-hydrogen) atoms. The first-order valence-corrected chi connectivity index (χ1v) is 6.17. The summed E-state index contributed by atoms with van der Waals surface area (Å²) in [6.07, 6.45) is -0.893. The van der Waals surface area contributed by atoms with E-state index in [1.54, 1.807) is 6.92 Å². The monoisotopic (exact) mass is 258 g/mol. The molecular formula is C15H14O4. The van der Waals surface area contributed by atoms with Gasteiger partial charge in [-0.05, 0) is 13.8 Å². The molecule has 2 heterocycles. The Kier molecular flexibility index (Phi) is 2.87. The zero-order valence-electron chi connectivity index (χ0n) is 10.8. The van der Waals surface area contributed by atoms with Gasteiger partial charge in [-0.25, -0.2) is 0 Å². The van der Waals surface area contributed by atoms with E-state index in [9.17, 15) is 4.79 Å². The Labute approximate surface area is 110 Å². The third kappa shape index (κ3) is 2.15. The third-order valence-electron chi connectivity index (χ3n) is 3.05. The second-order valence-electron chi connectivity index (χ2n) is 4.55. The van der Waals surface area contributed by atoms with Gasteiger partial charge in [0.1, 0.15) is 11.9 Å². The Morgan fingerprint density at radius 1 is 1.16 bits per heavy atom. The van der Waals surface area contributed by atoms with Crippen molar-refractivity contribution < 1.29 is 13.9 Å². The third-order valence-corrected chi connectivity index (χ3v) is 3.05. The largest absolute Gasteiger partial charge is 0.459 e. The Morgan fingerprint density at radius 2 is 1.89 bits per heavy atom. The van der Waals surface area contributed by atoms with Gasteiger partial charge >= 0.3 is 0 Å². The lowest BCUT2D eigenvalue weighted by molar-refractivity contribution is -0.148. The lowest BCUT2D eigenvalue weighted by Crippen LogP contribution is -2.25. The molecule has 0 aliphatic carbocycles. The minimum atomic E-state index is -0.575. The van der Waals surface area contributed by atoms with Crippen molar-refractivity contribution in [1.29, 1.82) is 0 Å². The number of benzene rings is 1. The van der Waals surface area contributed by atoms with Crippen molar-refractivity contribution in [3.8, 4) is 5.75 Å². The summed E-state index contributed by atoms with van der Waals surface area (Å²) in [7, 11) is 0. The van der Waals surface area contributed by atoms with Gasteiger partial charge in [-0.1, -0.05) is 30.3 Å². The van der Waals surface area contributed by atoms with Crippen molar-refractivity contribution in [2.24, 2.45) is 0 Å². The van der Waals surface area contributed by atoms with Crippen molar-refractivity contribution in [3.63, 3.8) is 0 Å². The van der Waals surface area contributed by atoms with Crippen molar-refractivity contribution in [1.82, 2.24) is 0 Å². The molecule has 2 aromatic rings. The minimum absolute atomic E-state index is 0.171. The number of hydrogen-bond donors (Lipinski definition) is 0. The molecule has 0 N–H and O–H groups in total. The van der Waals surface area contributed by atoms with E-state index in [1.165, 1.54) is 6.07 Å². The van der Waals surface area contributed by atoms with E-state index < -0.39 is 6.29 Å². The first kappa shape index (κ1) is 12.0. The fourth-order valence-corrected chi connectivity index (χ4v) is 2.14. The van der Waals surface area contributed by atoms with Gasteiger partial charge in [0.2, 0.25) is 17.5 Å². The van der Waals surface area contributed by atoms with Crippen LogP contribution in [0.3, 0.4) is 0 Å². The second-order valence-corrected chi connectivity index (χ2v) is 4.55. The first-order valence-electron chi connectivity index (χ1n) is 6.17. The molecule has 0 saturated heterocycles. The van der Waals surface area contributed by atoms with Crippen LogP contribution in [0.2, 0.25) is 0 Å². The van der Waals surface area contributed by atoms with E-state index in [2.05, 4.69) is 0 Å². The highest BCUT2D eigenvalue weighted by Gasteiger charge is 2.31. The molecule has 1 aliphatic heterocycles. The molecule has 1 aliphatic rings. The van der Waals surface area contributed by atoms with Crippen molar-refractivity contribution in [3.05, 3.63) is 63.7 Å². The van der Waals surface area contributed by atoms with E-state index in [0.29, 0.717) is 11.5 Å². The SMILES string of the molecule is Cc1cc(=O)c2c(o1)[C@@H](C)O[C@H](c1ccccc1)O2. The van der Waals surface area contributed by atoms with Gasteiger partial charge in [0.05, 0.1) is 0 Å². The number of rotatable bonds is 1. The van der Waals surface area contributed by atoms with Crippen LogP contribution in [0.4, 0.5) is 0 Å². The van der Waals surface area contributed by atoms with Crippen LogP contribution in [0.15, 0.2) is 45.6 Å². The maximum Gasteiger partial charge on any atom is 0.227 e.